The van der Waals surface area contributed by atoms with Crippen LogP contribution in [0.5, 0.6) is 0 Å². The van der Waals surface area contributed by atoms with Crippen molar-refractivity contribution in [2.24, 2.45) is 0 Å². The molecule has 1 fully saturated rings. The van der Waals surface area contributed by atoms with E-state index in [4.69, 9.17) is 8.88 Å². The van der Waals surface area contributed by atoms with E-state index in [2.05, 4.69) is 6.66 Å². The van der Waals surface area contributed by atoms with Gasteiger partial charge in [0.1, 0.15) is 0 Å². The van der Waals surface area contributed by atoms with Gasteiger partial charge in [0.05, 0.1) is 0 Å². The first-order valence-electron chi connectivity index (χ1n) is 1.67. The van der Waals surface area contributed by atoms with E-state index in [-0.39, 0.29) is 8.06 Å². The van der Waals surface area contributed by atoms with E-state index >= 15 is 0 Å². The molecule has 6 heavy (non-hydrogen) atoms. The SMILES string of the molecule is CPP1OBO1. The third-order valence-electron chi connectivity index (χ3n) is 0.522. The van der Waals surface area contributed by atoms with Crippen LogP contribution < -0.4 is 0 Å². The highest BCUT2D eigenvalue weighted by Gasteiger charge is 2.18. The average molecular weight is 122 g/mol. The quantitative estimate of drug-likeness (QED) is 0.378. The predicted octanol–water partition coefficient (Wildman–Crippen LogP) is 0.835. The second-order valence-electron chi connectivity index (χ2n) is 0.857. The Bertz CT molecular complexity index is 44.1. The van der Waals surface area contributed by atoms with Gasteiger partial charge in [0.25, 0.3) is 0 Å². The van der Waals surface area contributed by atoms with Gasteiger partial charge in [-0.15, -0.1) is 0 Å². The highest BCUT2D eigenvalue weighted by Crippen LogP contribution is 2.60. The molecule has 0 aliphatic carbocycles. The highest BCUT2D eigenvalue weighted by molar-refractivity contribution is 8.18. The maximum absolute atomic E-state index is 4.93. The van der Waals surface area contributed by atoms with Crippen LogP contribution in [0, 0.1) is 0 Å². The lowest BCUT2D eigenvalue weighted by Gasteiger charge is -2.22. The Hall–Kier alpha value is 0.845. The van der Waals surface area contributed by atoms with Gasteiger partial charge in [0, 0.05) is 0 Å². The Morgan fingerprint density at radius 1 is 1.67 bits per heavy atom. The van der Waals surface area contributed by atoms with Gasteiger partial charge >= 0.3 is 7.69 Å². The van der Waals surface area contributed by atoms with E-state index in [9.17, 15) is 0 Å². The van der Waals surface area contributed by atoms with Crippen LogP contribution in [0.2, 0.25) is 0 Å². The van der Waals surface area contributed by atoms with Gasteiger partial charge in [-0.3, -0.25) is 0 Å². The molecule has 34 valence electrons. The Balaban J connectivity index is 2.01. The van der Waals surface area contributed by atoms with E-state index in [0.29, 0.717) is 7.69 Å². The maximum atomic E-state index is 4.93. The Morgan fingerprint density at radius 3 is 2.33 bits per heavy atom. The number of hydrogen-bond donors (Lipinski definition) is 0. The summed E-state index contributed by atoms with van der Waals surface area (Å²) in [5.74, 6) is 0. The third kappa shape index (κ3) is 0.916. The van der Waals surface area contributed by atoms with Crippen LogP contribution in [-0.4, -0.2) is 14.3 Å². The molecule has 0 saturated carbocycles. The molecule has 1 aliphatic heterocycles. The third-order valence-corrected chi connectivity index (χ3v) is 3.44. The Morgan fingerprint density at radius 2 is 2.33 bits per heavy atom. The van der Waals surface area contributed by atoms with Crippen molar-refractivity contribution < 1.29 is 8.88 Å². The number of rotatable bonds is 1. The minimum atomic E-state index is -0.368. The van der Waals surface area contributed by atoms with Crippen LogP contribution in [0.25, 0.3) is 0 Å². The van der Waals surface area contributed by atoms with Crippen LogP contribution in [0.1, 0.15) is 0 Å². The van der Waals surface area contributed by atoms with Crippen molar-refractivity contribution in [3.05, 3.63) is 0 Å². The molecule has 1 unspecified atom stereocenters. The van der Waals surface area contributed by atoms with Crippen molar-refractivity contribution in [3.8, 4) is 0 Å². The van der Waals surface area contributed by atoms with Crippen molar-refractivity contribution in [3.63, 3.8) is 0 Å². The normalized spacial score (nSPS) is 24.2. The first kappa shape index (κ1) is 4.99. The summed E-state index contributed by atoms with van der Waals surface area (Å²) in [6.07, 6.45) is 0. The summed E-state index contributed by atoms with van der Waals surface area (Å²) in [5.41, 5.74) is 0. The molecule has 0 bridgehead atoms. The Labute approximate surface area is 40.5 Å². The predicted molar refractivity (Wildman–Crippen MR) is 30.5 cm³/mol. The lowest BCUT2D eigenvalue weighted by Crippen LogP contribution is -2.06. The fourth-order valence-corrected chi connectivity index (χ4v) is 1.79. The molecule has 1 atom stereocenters. The molecule has 0 aromatic heterocycles. The molecule has 0 radical (unpaired) electrons. The van der Waals surface area contributed by atoms with Gasteiger partial charge in [-0.1, -0.05) is 0 Å². The molecule has 1 aliphatic rings. The van der Waals surface area contributed by atoms with Crippen LogP contribution in [0.3, 0.4) is 0 Å². The summed E-state index contributed by atoms with van der Waals surface area (Å²) >= 11 is 0. The van der Waals surface area contributed by atoms with Crippen LogP contribution in [-0.2, 0) is 8.88 Å². The molecular weight excluding hydrogens is 117 g/mol. The first-order valence-corrected chi connectivity index (χ1v) is 5.19. The fraction of sp³-hybridized carbons (Fsp3) is 1.00. The lowest BCUT2D eigenvalue weighted by atomic mass is 10.4. The molecule has 1 saturated heterocycles. The van der Waals surface area contributed by atoms with E-state index in [1.807, 2.05) is 0 Å². The summed E-state index contributed by atoms with van der Waals surface area (Å²) in [5, 5.41) is 0. The molecule has 0 spiro atoms. The topological polar surface area (TPSA) is 18.5 Å². The lowest BCUT2D eigenvalue weighted by molar-refractivity contribution is 0.398. The smallest absolute Gasteiger partial charge is 0.367 e. The molecule has 0 N–H and O–H groups in total. The van der Waals surface area contributed by atoms with Gasteiger partial charge in [-0.2, -0.15) is 0 Å². The zero-order chi connectivity index (χ0) is 4.41. The van der Waals surface area contributed by atoms with E-state index < -0.39 is 0 Å². The van der Waals surface area contributed by atoms with Gasteiger partial charge in [-0.05, 0) is 14.9 Å². The molecule has 1 heterocycles. The number of hydrogen-bond acceptors (Lipinski definition) is 2. The fourth-order valence-electron chi connectivity index (χ4n) is 0.235. The van der Waals surface area contributed by atoms with E-state index in [1.165, 1.54) is 0 Å². The molecule has 0 aromatic carbocycles. The van der Waals surface area contributed by atoms with E-state index in [1.54, 1.807) is 0 Å². The maximum Gasteiger partial charge on any atom is 0.448 e. The zero-order valence-corrected chi connectivity index (χ0v) is 5.37. The van der Waals surface area contributed by atoms with Crippen LogP contribution in [0.15, 0.2) is 0 Å². The van der Waals surface area contributed by atoms with Crippen molar-refractivity contribution in [1.29, 1.82) is 0 Å². The minimum absolute atomic E-state index is 0.368. The van der Waals surface area contributed by atoms with Crippen molar-refractivity contribution in [1.82, 2.24) is 0 Å². The molecule has 0 aromatic rings. The van der Waals surface area contributed by atoms with Gasteiger partial charge in [0.2, 0.25) is 0 Å². The second kappa shape index (κ2) is 2.23. The highest BCUT2D eigenvalue weighted by atomic mass is 32.1. The first-order chi connectivity index (χ1) is 2.93. The zero-order valence-electron chi connectivity index (χ0n) is 3.47. The van der Waals surface area contributed by atoms with Crippen LogP contribution >= 0.6 is 16.3 Å². The molecule has 2 nitrogen and oxygen atoms in total. The standard InChI is InChI=1S/CH5BO2P2/c1-5-6-3-2-4-6/h2,5H,1H3. The summed E-state index contributed by atoms with van der Waals surface area (Å²) in [6, 6.07) is 0. The van der Waals surface area contributed by atoms with Gasteiger partial charge in [0.15, 0.2) is 8.06 Å². The molecule has 5 heteroatoms. The van der Waals surface area contributed by atoms with Crippen LogP contribution in [0.4, 0.5) is 0 Å². The molecule has 1 rings (SSSR count). The van der Waals surface area contributed by atoms with Gasteiger partial charge in [-0.25, -0.2) is 0 Å². The van der Waals surface area contributed by atoms with Crippen molar-refractivity contribution >= 4 is 24.0 Å². The second-order valence-corrected chi connectivity index (χ2v) is 4.77. The monoisotopic (exact) mass is 122 g/mol. The summed E-state index contributed by atoms with van der Waals surface area (Å²) < 4.78 is 9.87. The van der Waals surface area contributed by atoms with Gasteiger partial charge < -0.3 is 8.88 Å². The van der Waals surface area contributed by atoms with Crippen molar-refractivity contribution in [2.75, 3.05) is 6.66 Å². The summed E-state index contributed by atoms with van der Waals surface area (Å²) in [4.78, 5) is 0. The Kier molecular flexibility index (Phi) is 1.85. The molecule has 0 amide bonds. The average Bonchev–Trinajstić information content (AvgIpc) is 1.31. The van der Waals surface area contributed by atoms with Crippen molar-refractivity contribution in [2.45, 2.75) is 0 Å². The summed E-state index contributed by atoms with van der Waals surface area (Å²) in [6.45, 7) is 2.09. The minimum Gasteiger partial charge on any atom is -0.367 e. The summed E-state index contributed by atoms with van der Waals surface area (Å²) in [7, 11) is 1.01. The largest absolute Gasteiger partial charge is 0.448 e. The molecular formula is CH5BO2P2. The van der Waals surface area contributed by atoms with E-state index in [0.717, 1.165) is 8.27 Å².